The van der Waals surface area contributed by atoms with E-state index in [1.807, 2.05) is 13.8 Å². The summed E-state index contributed by atoms with van der Waals surface area (Å²) in [6.45, 7) is 6.37. The monoisotopic (exact) mass is 336 g/mol. The van der Waals surface area contributed by atoms with E-state index >= 15 is 0 Å². The summed E-state index contributed by atoms with van der Waals surface area (Å²) in [5, 5.41) is -0.285. The molecule has 0 unspecified atom stereocenters. The van der Waals surface area contributed by atoms with Crippen molar-refractivity contribution in [2.75, 3.05) is 18.8 Å². The number of hydrogen-bond donors (Lipinski definition) is 1. The summed E-state index contributed by atoms with van der Waals surface area (Å²) in [7, 11) is -3.95. The zero-order valence-corrected chi connectivity index (χ0v) is 14.1. The molecule has 0 aliphatic carbocycles. The molecule has 0 heterocycles. The minimum atomic E-state index is -3.95. The Morgan fingerprint density at radius 2 is 1.86 bits per heavy atom. The van der Waals surface area contributed by atoms with Gasteiger partial charge >= 0.3 is 0 Å². The summed E-state index contributed by atoms with van der Waals surface area (Å²) >= 11 is 5.70. The largest absolute Gasteiger partial charge is 0.399 e. The van der Waals surface area contributed by atoms with Crippen molar-refractivity contribution in [2.45, 2.75) is 38.5 Å². The summed E-state index contributed by atoms with van der Waals surface area (Å²) in [4.78, 5) is -0.458. The molecule has 0 amide bonds. The molecule has 2 N–H and O–H groups in total. The van der Waals surface area contributed by atoms with E-state index in [2.05, 4.69) is 0 Å². The highest BCUT2D eigenvalue weighted by Gasteiger charge is 2.29. The minimum absolute atomic E-state index is 0.124. The average Bonchev–Trinajstić information content (AvgIpc) is 2.43. The molecular formula is C14H22ClFN2O2S. The smallest absolute Gasteiger partial charge is 0.246 e. The van der Waals surface area contributed by atoms with E-state index in [-0.39, 0.29) is 23.2 Å². The number of anilines is 1. The van der Waals surface area contributed by atoms with Gasteiger partial charge in [0, 0.05) is 18.8 Å². The highest BCUT2D eigenvalue weighted by molar-refractivity contribution is 7.89. The van der Waals surface area contributed by atoms with Crippen LogP contribution in [-0.2, 0) is 10.0 Å². The summed E-state index contributed by atoms with van der Waals surface area (Å²) in [6.07, 6.45) is 1.73. The molecule has 4 nitrogen and oxygen atoms in total. The van der Waals surface area contributed by atoms with Gasteiger partial charge < -0.3 is 5.73 Å². The molecular weight excluding hydrogens is 315 g/mol. The van der Waals surface area contributed by atoms with Crippen molar-refractivity contribution in [1.29, 1.82) is 0 Å². The van der Waals surface area contributed by atoms with Gasteiger partial charge in [0.15, 0.2) is 5.82 Å². The van der Waals surface area contributed by atoms with Crippen molar-refractivity contribution in [3.05, 3.63) is 23.0 Å². The van der Waals surface area contributed by atoms with Crippen molar-refractivity contribution in [2.24, 2.45) is 5.92 Å². The van der Waals surface area contributed by atoms with Crippen molar-refractivity contribution < 1.29 is 12.8 Å². The van der Waals surface area contributed by atoms with Gasteiger partial charge in [-0.25, -0.2) is 12.8 Å². The fraction of sp³-hybridized carbons (Fsp3) is 0.571. The van der Waals surface area contributed by atoms with Crippen LogP contribution in [0.5, 0.6) is 0 Å². The van der Waals surface area contributed by atoms with E-state index in [0.717, 1.165) is 18.9 Å². The Hall–Kier alpha value is -0.850. The summed E-state index contributed by atoms with van der Waals surface area (Å²) in [5.74, 6) is -0.715. The summed E-state index contributed by atoms with van der Waals surface area (Å²) in [6, 6.07) is 2.32. The molecule has 0 saturated carbocycles. The third-order valence-electron chi connectivity index (χ3n) is 3.60. The zero-order valence-electron chi connectivity index (χ0n) is 12.6. The fourth-order valence-corrected chi connectivity index (χ4v) is 4.07. The molecule has 0 radical (unpaired) electrons. The molecule has 0 aliphatic rings. The van der Waals surface area contributed by atoms with Gasteiger partial charge in [-0.3, -0.25) is 0 Å². The van der Waals surface area contributed by atoms with Crippen LogP contribution in [0, 0.1) is 11.7 Å². The maximum Gasteiger partial charge on any atom is 0.246 e. The maximum atomic E-state index is 14.1. The number of halogens is 2. The Morgan fingerprint density at radius 3 is 2.33 bits per heavy atom. The van der Waals surface area contributed by atoms with Gasteiger partial charge in [0.25, 0.3) is 0 Å². The molecule has 0 aliphatic heterocycles. The van der Waals surface area contributed by atoms with E-state index in [1.54, 1.807) is 6.92 Å². The molecule has 0 spiro atoms. The Labute approximate surface area is 131 Å². The second-order valence-electron chi connectivity index (χ2n) is 4.95. The van der Waals surface area contributed by atoms with Gasteiger partial charge in [0.1, 0.15) is 4.90 Å². The van der Waals surface area contributed by atoms with Crippen LogP contribution < -0.4 is 5.73 Å². The number of sulfonamides is 1. The first kappa shape index (κ1) is 18.2. The van der Waals surface area contributed by atoms with Crippen LogP contribution in [0.1, 0.15) is 33.6 Å². The predicted octanol–water partition coefficient (Wildman–Crippen LogP) is 3.51. The van der Waals surface area contributed by atoms with E-state index in [0.29, 0.717) is 6.54 Å². The molecule has 0 aromatic heterocycles. The Balaban J connectivity index is 3.25. The summed E-state index contributed by atoms with van der Waals surface area (Å²) < 4.78 is 40.6. The molecule has 1 aromatic rings. The van der Waals surface area contributed by atoms with Crippen LogP contribution in [0.2, 0.25) is 5.02 Å². The quantitative estimate of drug-likeness (QED) is 0.775. The number of nitrogen functional groups attached to an aromatic ring is 1. The van der Waals surface area contributed by atoms with Gasteiger partial charge in [-0.15, -0.1) is 0 Å². The Morgan fingerprint density at radius 1 is 1.29 bits per heavy atom. The molecule has 0 saturated heterocycles. The molecule has 0 fully saturated rings. The zero-order chi connectivity index (χ0) is 16.2. The lowest BCUT2D eigenvalue weighted by atomic mass is 10.0. The third-order valence-corrected chi connectivity index (χ3v) is 5.82. The van der Waals surface area contributed by atoms with Crippen LogP contribution in [-0.4, -0.2) is 25.8 Å². The Kier molecular flexibility index (Phi) is 6.43. The normalized spacial score (nSPS) is 12.3. The molecule has 7 heteroatoms. The molecule has 120 valence electrons. The lowest BCUT2D eigenvalue weighted by Gasteiger charge is -2.25. The van der Waals surface area contributed by atoms with Gasteiger partial charge in [-0.2, -0.15) is 4.31 Å². The van der Waals surface area contributed by atoms with Crippen molar-refractivity contribution in [1.82, 2.24) is 4.31 Å². The third kappa shape index (κ3) is 4.08. The van der Waals surface area contributed by atoms with Crippen molar-refractivity contribution in [3.8, 4) is 0 Å². The average molecular weight is 337 g/mol. The SMILES string of the molecule is CCC(CC)CN(CC)S(=O)(=O)c1cc(N)cc(Cl)c1F. The van der Waals surface area contributed by atoms with Gasteiger partial charge in [-0.1, -0.05) is 45.2 Å². The van der Waals surface area contributed by atoms with Crippen LogP contribution in [0.4, 0.5) is 10.1 Å². The minimum Gasteiger partial charge on any atom is -0.399 e. The van der Waals surface area contributed by atoms with Crippen LogP contribution in [0.15, 0.2) is 17.0 Å². The fourth-order valence-electron chi connectivity index (χ4n) is 2.14. The first-order chi connectivity index (χ1) is 9.77. The standard InChI is InChI=1S/C14H22ClFN2O2S/c1-4-10(5-2)9-18(6-3)21(19,20)13-8-11(17)7-12(15)14(13)16/h7-8,10H,4-6,9,17H2,1-3H3. The van der Waals surface area contributed by atoms with Crippen LogP contribution in [0.25, 0.3) is 0 Å². The topological polar surface area (TPSA) is 63.4 Å². The number of hydrogen-bond acceptors (Lipinski definition) is 3. The number of nitrogens with zero attached hydrogens (tertiary/aromatic N) is 1. The van der Waals surface area contributed by atoms with E-state index in [9.17, 15) is 12.8 Å². The van der Waals surface area contributed by atoms with E-state index in [1.165, 1.54) is 10.4 Å². The molecule has 0 atom stereocenters. The lowest BCUT2D eigenvalue weighted by Crippen LogP contribution is -2.35. The van der Waals surface area contributed by atoms with Crippen molar-refractivity contribution in [3.63, 3.8) is 0 Å². The number of benzene rings is 1. The van der Waals surface area contributed by atoms with Gasteiger partial charge in [-0.05, 0) is 18.1 Å². The first-order valence-electron chi connectivity index (χ1n) is 7.02. The predicted molar refractivity (Wildman–Crippen MR) is 84.3 cm³/mol. The van der Waals surface area contributed by atoms with Gasteiger partial charge in [0.2, 0.25) is 10.0 Å². The second kappa shape index (κ2) is 7.42. The molecule has 21 heavy (non-hydrogen) atoms. The lowest BCUT2D eigenvalue weighted by molar-refractivity contribution is 0.338. The molecule has 1 rings (SSSR count). The number of nitrogens with two attached hydrogens (primary N) is 1. The molecule has 0 bridgehead atoms. The highest BCUT2D eigenvalue weighted by atomic mass is 35.5. The highest BCUT2D eigenvalue weighted by Crippen LogP contribution is 2.28. The molecule has 1 aromatic carbocycles. The van der Waals surface area contributed by atoms with Gasteiger partial charge in [0.05, 0.1) is 5.02 Å². The van der Waals surface area contributed by atoms with E-state index < -0.39 is 20.7 Å². The van der Waals surface area contributed by atoms with Crippen LogP contribution in [0.3, 0.4) is 0 Å². The Bertz CT molecular complexity index is 589. The maximum absolute atomic E-state index is 14.1. The van der Waals surface area contributed by atoms with Crippen molar-refractivity contribution >= 4 is 27.3 Å². The number of rotatable bonds is 7. The first-order valence-corrected chi connectivity index (χ1v) is 8.84. The summed E-state index contributed by atoms with van der Waals surface area (Å²) in [5.41, 5.74) is 5.71. The second-order valence-corrected chi connectivity index (χ2v) is 7.27. The van der Waals surface area contributed by atoms with Crippen LogP contribution >= 0.6 is 11.6 Å². The van der Waals surface area contributed by atoms with E-state index in [4.69, 9.17) is 17.3 Å².